The van der Waals surface area contributed by atoms with E-state index < -0.39 is 20.5 Å². The molecule has 1 aliphatic carbocycles. The molecule has 0 aromatic heterocycles. The number of ether oxygens (including phenoxy) is 2. The van der Waals surface area contributed by atoms with Crippen molar-refractivity contribution in [2.45, 2.75) is 18.1 Å². The Morgan fingerprint density at radius 3 is 2.32 bits per heavy atom. The molecular formula is C15H21NO4S2. The average Bonchev–Trinajstić information content (AvgIpc) is 3.19. The van der Waals surface area contributed by atoms with E-state index in [1.54, 1.807) is 26.2 Å². The van der Waals surface area contributed by atoms with Gasteiger partial charge in [-0.2, -0.15) is 0 Å². The van der Waals surface area contributed by atoms with E-state index in [0.717, 1.165) is 5.56 Å². The van der Waals surface area contributed by atoms with E-state index in [1.165, 1.54) is 7.11 Å². The Morgan fingerprint density at radius 2 is 1.91 bits per heavy atom. The van der Waals surface area contributed by atoms with E-state index in [1.807, 2.05) is 12.1 Å². The predicted octanol–water partition coefficient (Wildman–Crippen LogP) is 1.51. The Hall–Kier alpha value is -1.18. The first-order chi connectivity index (χ1) is 10.3. The van der Waals surface area contributed by atoms with Gasteiger partial charge in [0.05, 0.1) is 29.4 Å². The summed E-state index contributed by atoms with van der Waals surface area (Å²) in [6.45, 7) is 1.83. The summed E-state index contributed by atoms with van der Waals surface area (Å²) in [5.41, 5.74) is 5.96. The maximum atomic E-state index is 12.5. The number of hydrogen-bond donors (Lipinski definition) is 1. The molecule has 0 radical (unpaired) electrons. The van der Waals surface area contributed by atoms with Crippen LogP contribution >= 0.6 is 12.2 Å². The summed E-state index contributed by atoms with van der Waals surface area (Å²) in [4.78, 5) is 0.192. The van der Waals surface area contributed by atoms with Crippen molar-refractivity contribution in [2.24, 2.45) is 11.1 Å². The highest BCUT2D eigenvalue weighted by Gasteiger charge is 2.72. The Morgan fingerprint density at radius 1 is 1.32 bits per heavy atom. The minimum atomic E-state index is -3.29. The third-order valence-electron chi connectivity index (χ3n) is 4.36. The van der Waals surface area contributed by atoms with Crippen LogP contribution in [0.3, 0.4) is 0 Å². The van der Waals surface area contributed by atoms with Crippen LogP contribution < -0.4 is 10.5 Å². The number of hydrogen-bond acceptors (Lipinski definition) is 5. The molecule has 0 heterocycles. The molecule has 0 unspecified atom stereocenters. The van der Waals surface area contributed by atoms with Gasteiger partial charge in [0.2, 0.25) is 0 Å². The maximum Gasteiger partial charge on any atom is 0.154 e. The Bertz CT molecular complexity index is 657. The van der Waals surface area contributed by atoms with Gasteiger partial charge in [-0.1, -0.05) is 31.3 Å². The lowest BCUT2D eigenvalue weighted by molar-refractivity contribution is 0.166. The average molecular weight is 343 g/mol. The van der Waals surface area contributed by atoms with Gasteiger partial charge in [-0.3, -0.25) is 0 Å². The fraction of sp³-hybridized carbons (Fsp3) is 0.533. The quantitative estimate of drug-likeness (QED) is 0.756. The minimum Gasteiger partial charge on any atom is -0.497 e. The fourth-order valence-electron chi connectivity index (χ4n) is 3.17. The van der Waals surface area contributed by atoms with Crippen molar-refractivity contribution in [2.75, 3.05) is 26.6 Å². The van der Waals surface area contributed by atoms with E-state index in [4.69, 9.17) is 27.4 Å². The Balaban J connectivity index is 2.48. The van der Waals surface area contributed by atoms with Crippen LogP contribution in [-0.4, -0.2) is 45.2 Å². The second kappa shape index (κ2) is 6.14. The zero-order valence-electron chi connectivity index (χ0n) is 12.9. The number of benzene rings is 1. The van der Waals surface area contributed by atoms with Crippen molar-refractivity contribution in [1.29, 1.82) is 0 Å². The summed E-state index contributed by atoms with van der Waals surface area (Å²) >= 11 is 5.19. The fourth-order valence-corrected chi connectivity index (χ4v) is 5.64. The molecule has 1 aliphatic rings. The first-order valence-corrected chi connectivity index (χ1v) is 9.11. The second-order valence-electron chi connectivity index (χ2n) is 5.46. The van der Waals surface area contributed by atoms with Crippen molar-refractivity contribution in [3.63, 3.8) is 0 Å². The molecule has 1 saturated carbocycles. The topological polar surface area (TPSA) is 78.6 Å². The highest BCUT2D eigenvalue weighted by Crippen LogP contribution is 2.63. The SMILES string of the molecule is CCS(=O)(=O)[C@@H]1[C@H](c2ccc(OC)cc2)[C@@]1(COC)C(N)=S. The lowest BCUT2D eigenvalue weighted by Gasteiger charge is -2.15. The van der Waals surface area contributed by atoms with Crippen molar-refractivity contribution in [3.8, 4) is 5.75 Å². The van der Waals surface area contributed by atoms with Crippen molar-refractivity contribution in [3.05, 3.63) is 29.8 Å². The van der Waals surface area contributed by atoms with Crippen LogP contribution in [0.25, 0.3) is 0 Å². The number of methoxy groups -OCH3 is 2. The third-order valence-corrected chi connectivity index (χ3v) is 7.01. The summed E-state index contributed by atoms with van der Waals surface area (Å²) < 4.78 is 35.3. The zero-order chi connectivity index (χ0) is 16.5. The molecule has 2 N–H and O–H groups in total. The van der Waals surface area contributed by atoms with Gasteiger partial charge in [0, 0.05) is 18.8 Å². The van der Waals surface area contributed by atoms with Crippen molar-refractivity contribution in [1.82, 2.24) is 0 Å². The van der Waals surface area contributed by atoms with Crippen LogP contribution in [0.15, 0.2) is 24.3 Å². The number of sulfone groups is 1. The summed E-state index contributed by atoms with van der Waals surface area (Å²) in [6.07, 6.45) is 0. The molecule has 0 amide bonds. The molecule has 1 aromatic carbocycles. The lowest BCUT2D eigenvalue weighted by atomic mass is 10.00. The van der Waals surface area contributed by atoms with Crippen LogP contribution in [0.2, 0.25) is 0 Å². The first kappa shape index (κ1) is 17.2. The molecule has 0 spiro atoms. The Kier molecular flexibility index (Phi) is 4.79. The molecule has 3 atom stereocenters. The van der Waals surface area contributed by atoms with Crippen molar-refractivity contribution >= 4 is 27.0 Å². The normalized spacial score (nSPS) is 27.4. The van der Waals surface area contributed by atoms with Gasteiger partial charge in [0.15, 0.2) is 9.84 Å². The molecule has 7 heteroatoms. The molecule has 1 aromatic rings. The van der Waals surface area contributed by atoms with Gasteiger partial charge in [-0.05, 0) is 17.7 Å². The smallest absolute Gasteiger partial charge is 0.154 e. The molecular weight excluding hydrogens is 322 g/mol. The van der Waals surface area contributed by atoms with E-state index in [-0.39, 0.29) is 23.3 Å². The minimum absolute atomic E-state index is 0.0540. The number of thiocarbonyl (C=S) groups is 1. The molecule has 0 saturated heterocycles. The zero-order valence-corrected chi connectivity index (χ0v) is 14.5. The summed E-state index contributed by atoms with van der Waals surface area (Å²) in [6, 6.07) is 7.33. The highest BCUT2D eigenvalue weighted by atomic mass is 32.2. The van der Waals surface area contributed by atoms with E-state index in [2.05, 4.69) is 0 Å². The lowest BCUT2D eigenvalue weighted by Crippen LogP contribution is -2.33. The van der Waals surface area contributed by atoms with E-state index in [9.17, 15) is 8.42 Å². The molecule has 2 rings (SSSR count). The molecule has 0 bridgehead atoms. The van der Waals surface area contributed by atoms with Gasteiger partial charge in [-0.25, -0.2) is 8.42 Å². The summed E-state index contributed by atoms with van der Waals surface area (Å²) in [7, 11) is -0.181. The first-order valence-electron chi connectivity index (χ1n) is 6.99. The van der Waals surface area contributed by atoms with Gasteiger partial charge in [0.1, 0.15) is 5.75 Å². The summed E-state index contributed by atoms with van der Waals surface area (Å²) in [5, 5.41) is -0.629. The number of rotatable bonds is 7. The molecule has 122 valence electrons. The predicted molar refractivity (Wildman–Crippen MR) is 90.1 cm³/mol. The van der Waals surface area contributed by atoms with Crippen LogP contribution in [0.4, 0.5) is 0 Å². The van der Waals surface area contributed by atoms with E-state index in [0.29, 0.717) is 5.75 Å². The van der Waals surface area contributed by atoms with E-state index >= 15 is 0 Å². The third kappa shape index (κ3) is 2.61. The van der Waals surface area contributed by atoms with Gasteiger partial charge in [0.25, 0.3) is 0 Å². The van der Waals surface area contributed by atoms with Crippen LogP contribution in [0, 0.1) is 5.41 Å². The standard InChI is InChI=1S/C15H21NO4S2/c1-4-22(17,18)13-12(15(13,9-19-2)14(16)21)10-5-7-11(20-3)8-6-10/h5-8,12-13H,4,9H2,1-3H3,(H2,16,21)/t12-,13+,15+/m0/s1. The molecule has 0 aliphatic heterocycles. The van der Waals surface area contributed by atoms with Gasteiger partial charge < -0.3 is 15.2 Å². The second-order valence-corrected chi connectivity index (χ2v) is 8.31. The maximum absolute atomic E-state index is 12.5. The highest BCUT2D eigenvalue weighted by molar-refractivity contribution is 7.92. The molecule has 22 heavy (non-hydrogen) atoms. The summed E-state index contributed by atoms with van der Waals surface area (Å²) in [5.74, 6) is 0.492. The number of nitrogens with two attached hydrogens (primary N) is 1. The largest absolute Gasteiger partial charge is 0.497 e. The van der Waals surface area contributed by atoms with Crippen LogP contribution in [0.5, 0.6) is 5.75 Å². The van der Waals surface area contributed by atoms with Crippen molar-refractivity contribution < 1.29 is 17.9 Å². The van der Waals surface area contributed by atoms with Gasteiger partial charge in [-0.15, -0.1) is 0 Å². The Labute approximate surface area is 136 Å². The monoisotopic (exact) mass is 343 g/mol. The van der Waals surface area contributed by atoms with Crippen LogP contribution in [0.1, 0.15) is 18.4 Å². The van der Waals surface area contributed by atoms with Crippen LogP contribution in [-0.2, 0) is 14.6 Å². The molecule has 1 fully saturated rings. The van der Waals surface area contributed by atoms with Gasteiger partial charge >= 0.3 is 0 Å². The molecule has 5 nitrogen and oxygen atoms in total.